The number of aromatic nitrogens is 2. The molecule has 26 heavy (non-hydrogen) atoms. The van der Waals surface area contributed by atoms with E-state index in [9.17, 15) is 4.79 Å². The zero-order chi connectivity index (χ0) is 17.9. The Morgan fingerprint density at radius 3 is 2.62 bits per heavy atom. The Morgan fingerprint density at radius 2 is 1.85 bits per heavy atom. The molecule has 3 heterocycles. The number of nitrogens with zero attached hydrogens (tertiary/aromatic N) is 4. The first-order chi connectivity index (χ1) is 12.7. The second kappa shape index (κ2) is 7.20. The number of benzene rings is 1. The van der Waals surface area contributed by atoms with E-state index < -0.39 is 0 Å². The van der Waals surface area contributed by atoms with Gasteiger partial charge in [-0.25, -0.2) is 4.98 Å². The number of hydrogen-bond acceptors (Lipinski definition) is 3. The lowest BCUT2D eigenvalue weighted by molar-refractivity contribution is 0.0784. The van der Waals surface area contributed by atoms with Crippen molar-refractivity contribution in [1.29, 1.82) is 0 Å². The number of hydrogen-bond donors (Lipinski definition) is 0. The van der Waals surface area contributed by atoms with Crippen LogP contribution in [0.2, 0.25) is 0 Å². The van der Waals surface area contributed by atoms with E-state index in [0.717, 1.165) is 24.3 Å². The van der Waals surface area contributed by atoms with Gasteiger partial charge in [0.05, 0.1) is 5.56 Å². The summed E-state index contributed by atoms with van der Waals surface area (Å²) in [5.74, 6) is 0.0145. The number of anilines is 1. The first-order valence-corrected chi connectivity index (χ1v) is 9.23. The fourth-order valence-electron chi connectivity index (χ4n) is 3.58. The number of amides is 1. The van der Waals surface area contributed by atoms with Crippen molar-refractivity contribution in [2.75, 3.05) is 25.0 Å². The van der Waals surface area contributed by atoms with Crippen molar-refractivity contribution in [3.63, 3.8) is 0 Å². The van der Waals surface area contributed by atoms with Crippen molar-refractivity contribution in [2.24, 2.45) is 0 Å². The van der Waals surface area contributed by atoms with Gasteiger partial charge in [0.25, 0.3) is 5.91 Å². The van der Waals surface area contributed by atoms with Crippen molar-refractivity contribution in [2.45, 2.75) is 25.8 Å². The van der Waals surface area contributed by atoms with E-state index in [1.165, 1.54) is 24.9 Å². The van der Waals surface area contributed by atoms with Crippen LogP contribution in [0.25, 0.3) is 5.65 Å². The van der Waals surface area contributed by atoms with Crippen molar-refractivity contribution < 1.29 is 4.79 Å². The maximum Gasteiger partial charge on any atom is 0.255 e. The summed E-state index contributed by atoms with van der Waals surface area (Å²) in [7, 11) is 1.85. The molecule has 5 nitrogen and oxygen atoms in total. The second-order valence-electron chi connectivity index (χ2n) is 6.99. The van der Waals surface area contributed by atoms with Crippen molar-refractivity contribution in [3.05, 3.63) is 66.1 Å². The molecule has 1 saturated heterocycles. The predicted molar refractivity (Wildman–Crippen MR) is 103 cm³/mol. The van der Waals surface area contributed by atoms with Gasteiger partial charge >= 0.3 is 0 Å². The average Bonchev–Trinajstić information content (AvgIpc) is 3.16. The maximum atomic E-state index is 12.7. The fourth-order valence-corrected chi connectivity index (χ4v) is 3.58. The lowest BCUT2D eigenvalue weighted by Gasteiger charge is -2.29. The van der Waals surface area contributed by atoms with Gasteiger partial charge in [-0.2, -0.15) is 0 Å². The number of piperidine rings is 1. The van der Waals surface area contributed by atoms with Gasteiger partial charge in [-0.15, -0.1) is 0 Å². The summed E-state index contributed by atoms with van der Waals surface area (Å²) in [5, 5.41) is 0. The molecular formula is C21H24N4O. The van der Waals surface area contributed by atoms with Gasteiger partial charge in [0.2, 0.25) is 0 Å². The van der Waals surface area contributed by atoms with Crippen molar-refractivity contribution >= 4 is 17.2 Å². The fraction of sp³-hybridized carbons (Fsp3) is 0.333. The van der Waals surface area contributed by atoms with Crippen molar-refractivity contribution in [3.8, 4) is 0 Å². The van der Waals surface area contributed by atoms with Gasteiger partial charge in [0.15, 0.2) is 0 Å². The third kappa shape index (κ3) is 3.43. The third-order valence-electron chi connectivity index (χ3n) is 5.06. The van der Waals surface area contributed by atoms with E-state index >= 15 is 0 Å². The summed E-state index contributed by atoms with van der Waals surface area (Å²) in [6.45, 7) is 2.89. The lowest BCUT2D eigenvalue weighted by atomic mass is 10.1. The molecule has 2 aromatic heterocycles. The number of rotatable bonds is 4. The Labute approximate surface area is 153 Å². The van der Waals surface area contributed by atoms with Crippen LogP contribution < -0.4 is 4.90 Å². The van der Waals surface area contributed by atoms with Crippen LogP contribution in [0, 0.1) is 0 Å². The van der Waals surface area contributed by atoms with Crippen LogP contribution >= 0.6 is 0 Å². The topological polar surface area (TPSA) is 40.8 Å². The van der Waals surface area contributed by atoms with Gasteiger partial charge in [-0.1, -0.05) is 12.1 Å². The molecule has 1 aliphatic rings. The molecule has 1 aromatic carbocycles. The number of pyridine rings is 1. The minimum atomic E-state index is 0.0145. The highest BCUT2D eigenvalue weighted by Crippen LogP contribution is 2.21. The third-order valence-corrected chi connectivity index (χ3v) is 5.06. The molecule has 3 aromatic rings. The second-order valence-corrected chi connectivity index (χ2v) is 6.99. The standard InChI is InChI=1S/C21H24N4O/c1-23(21(26)18-7-10-20-22-11-14-25(20)16-18)15-17-5-8-19(9-6-17)24-12-3-2-4-13-24/h5-11,14,16H,2-4,12-13,15H2,1H3. The van der Waals surface area contributed by atoms with Gasteiger partial charge in [0.1, 0.15) is 5.65 Å². The molecule has 1 amide bonds. The van der Waals surface area contributed by atoms with Gasteiger partial charge in [0, 0.05) is 51.0 Å². The number of carbonyl (C=O) groups excluding carboxylic acids is 1. The van der Waals surface area contributed by atoms with Crippen LogP contribution in [0.5, 0.6) is 0 Å². The lowest BCUT2D eigenvalue weighted by Crippen LogP contribution is -2.29. The molecule has 0 N–H and O–H groups in total. The summed E-state index contributed by atoms with van der Waals surface area (Å²) >= 11 is 0. The van der Waals surface area contributed by atoms with Gasteiger partial charge in [-0.3, -0.25) is 4.79 Å². The van der Waals surface area contributed by atoms with Gasteiger partial charge in [-0.05, 0) is 49.1 Å². The maximum absolute atomic E-state index is 12.7. The van der Waals surface area contributed by atoms with Crippen LogP contribution in [0.4, 0.5) is 5.69 Å². The zero-order valence-electron chi connectivity index (χ0n) is 15.1. The highest BCUT2D eigenvalue weighted by atomic mass is 16.2. The molecule has 0 saturated carbocycles. The molecule has 134 valence electrons. The van der Waals surface area contributed by atoms with Gasteiger partial charge < -0.3 is 14.2 Å². The molecule has 0 bridgehead atoms. The minimum absolute atomic E-state index is 0.0145. The van der Waals surface area contributed by atoms with Crippen LogP contribution in [0.1, 0.15) is 35.2 Å². The molecule has 5 heteroatoms. The SMILES string of the molecule is CN(Cc1ccc(N2CCCCC2)cc1)C(=O)c1ccc2nccn2c1. The Morgan fingerprint density at radius 1 is 1.08 bits per heavy atom. The van der Waals surface area contributed by atoms with E-state index in [0.29, 0.717) is 12.1 Å². The Kier molecular flexibility index (Phi) is 4.61. The molecule has 1 fully saturated rings. The van der Waals surface area contributed by atoms with E-state index in [2.05, 4.69) is 34.1 Å². The Balaban J connectivity index is 1.43. The van der Waals surface area contributed by atoms with Crippen molar-refractivity contribution in [1.82, 2.24) is 14.3 Å². The minimum Gasteiger partial charge on any atom is -0.372 e. The molecule has 0 aliphatic carbocycles. The first kappa shape index (κ1) is 16.6. The summed E-state index contributed by atoms with van der Waals surface area (Å²) < 4.78 is 1.87. The normalized spacial score (nSPS) is 14.6. The summed E-state index contributed by atoms with van der Waals surface area (Å²) in [6.07, 6.45) is 9.32. The molecular weight excluding hydrogens is 324 g/mol. The molecule has 0 atom stereocenters. The molecule has 4 rings (SSSR count). The van der Waals surface area contributed by atoms with E-state index in [4.69, 9.17) is 0 Å². The average molecular weight is 348 g/mol. The first-order valence-electron chi connectivity index (χ1n) is 9.23. The summed E-state index contributed by atoms with van der Waals surface area (Å²) in [6, 6.07) is 12.3. The quantitative estimate of drug-likeness (QED) is 0.723. The number of fused-ring (bicyclic) bond motifs is 1. The Hall–Kier alpha value is -2.82. The molecule has 1 aliphatic heterocycles. The molecule has 0 spiro atoms. The summed E-state index contributed by atoms with van der Waals surface area (Å²) in [4.78, 5) is 21.1. The van der Waals surface area contributed by atoms with E-state index in [-0.39, 0.29) is 5.91 Å². The smallest absolute Gasteiger partial charge is 0.255 e. The predicted octanol–water partition coefficient (Wildman–Crippen LogP) is 3.60. The van der Waals surface area contributed by atoms with Crippen LogP contribution in [0.15, 0.2) is 55.0 Å². The van der Waals surface area contributed by atoms with E-state index in [1.54, 1.807) is 11.1 Å². The molecule has 0 unspecified atom stereocenters. The van der Waals surface area contributed by atoms with Crippen LogP contribution in [-0.2, 0) is 6.54 Å². The Bertz CT molecular complexity index is 894. The number of carbonyl (C=O) groups is 1. The van der Waals surface area contributed by atoms with Crippen LogP contribution in [0.3, 0.4) is 0 Å². The highest BCUT2D eigenvalue weighted by Gasteiger charge is 2.14. The monoisotopic (exact) mass is 348 g/mol. The van der Waals surface area contributed by atoms with Crippen LogP contribution in [-0.4, -0.2) is 40.3 Å². The number of imidazole rings is 1. The summed E-state index contributed by atoms with van der Waals surface area (Å²) in [5.41, 5.74) is 3.94. The zero-order valence-corrected chi connectivity index (χ0v) is 15.1. The van der Waals surface area contributed by atoms with E-state index in [1.807, 2.05) is 36.0 Å². The highest BCUT2D eigenvalue weighted by molar-refractivity contribution is 5.94. The molecule has 0 radical (unpaired) electrons. The largest absolute Gasteiger partial charge is 0.372 e.